The zero-order valence-corrected chi connectivity index (χ0v) is 21.3. The van der Waals surface area contributed by atoms with Crippen LogP contribution in [0.1, 0.15) is 67.2 Å². The van der Waals surface area contributed by atoms with E-state index >= 15 is 0 Å². The van der Waals surface area contributed by atoms with Crippen molar-refractivity contribution in [1.29, 1.82) is 0 Å². The average molecular weight is 474 g/mol. The summed E-state index contributed by atoms with van der Waals surface area (Å²) in [4.78, 5) is 11.7. The molecule has 29 heavy (non-hydrogen) atoms. The van der Waals surface area contributed by atoms with Gasteiger partial charge in [0.05, 0.1) is 13.1 Å². The molecule has 0 amide bonds. The standard InChI is InChI=1S/C24H36N2S2.Co/c1-21(2)17-7-9-23(21,5)19(27)15(17)13-25-11-12-26-14-16-18-8-10-24(6,20(16)28)22(18,3)4;/h13-14,17-18,27-28H,7-12H2,1-6H3;/q;+2/p-2/t17-,18-,23+,24+;/m1./s1. The molecule has 0 aromatic heterocycles. The second-order valence-corrected chi connectivity index (χ2v) is 11.7. The number of hydrogen-bond donors (Lipinski definition) is 0. The molecule has 0 aromatic carbocycles. The van der Waals surface area contributed by atoms with E-state index in [1.807, 2.05) is 0 Å². The van der Waals surface area contributed by atoms with Crippen molar-refractivity contribution in [3.63, 3.8) is 0 Å². The summed E-state index contributed by atoms with van der Waals surface area (Å²) in [5.74, 6) is 1.14. The van der Waals surface area contributed by atoms with Crippen LogP contribution in [0, 0.1) is 33.5 Å². The summed E-state index contributed by atoms with van der Waals surface area (Å²) in [6.45, 7) is 15.6. The quantitative estimate of drug-likeness (QED) is 0.293. The van der Waals surface area contributed by atoms with Gasteiger partial charge in [-0.25, -0.2) is 0 Å². The second kappa shape index (κ2) is 7.42. The third-order valence-electron chi connectivity index (χ3n) is 9.55. The van der Waals surface area contributed by atoms with E-state index in [-0.39, 0.29) is 38.4 Å². The fourth-order valence-electron chi connectivity index (χ4n) is 6.59. The molecule has 2 nitrogen and oxygen atoms in total. The van der Waals surface area contributed by atoms with Gasteiger partial charge in [0.15, 0.2) is 0 Å². The van der Waals surface area contributed by atoms with Crippen molar-refractivity contribution in [2.75, 3.05) is 13.1 Å². The van der Waals surface area contributed by atoms with Gasteiger partial charge in [-0.15, -0.1) is 0 Å². The molecule has 4 aliphatic carbocycles. The van der Waals surface area contributed by atoms with Crippen molar-refractivity contribution in [2.45, 2.75) is 67.2 Å². The van der Waals surface area contributed by atoms with Gasteiger partial charge in [-0.05, 0) is 70.3 Å². The molecule has 1 radical (unpaired) electrons. The Kier molecular flexibility index (Phi) is 6.00. The smallest absolute Gasteiger partial charge is 0.783 e. The Balaban J connectivity index is 0.00000240. The molecule has 161 valence electrons. The minimum atomic E-state index is 0. The van der Waals surface area contributed by atoms with E-state index in [1.54, 1.807) is 0 Å². The molecular weight excluding hydrogens is 439 g/mol. The van der Waals surface area contributed by atoms with Crippen LogP contribution in [0.5, 0.6) is 0 Å². The molecule has 0 unspecified atom stereocenters. The van der Waals surface area contributed by atoms with E-state index in [4.69, 9.17) is 25.3 Å². The number of rotatable bonds is 5. The maximum Gasteiger partial charge on any atom is 2.00 e. The summed E-state index contributed by atoms with van der Waals surface area (Å²) >= 11 is 11.7. The van der Waals surface area contributed by atoms with Gasteiger partial charge >= 0.3 is 16.8 Å². The Bertz CT molecular complexity index is 755. The largest absolute Gasteiger partial charge is 2.00 e. The van der Waals surface area contributed by atoms with Crippen LogP contribution < -0.4 is 0 Å². The van der Waals surface area contributed by atoms with E-state index in [2.05, 4.69) is 64.0 Å². The monoisotopic (exact) mass is 473 g/mol. The van der Waals surface area contributed by atoms with Crippen LogP contribution in [-0.4, -0.2) is 25.5 Å². The summed E-state index contributed by atoms with van der Waals surface area (Å²) in [5, 5.41) is 0. The first-order valence-electron chi connectivity index (χ1n) is 10.8. The molecule has 2 fully saturated rings. The number of fused-ring (bicyclic) bond motifs is 4. The first-order chi connectivity index (χ1) is 13.0. The van der Waals surface area contributed by atoms with Gasteiger partial charge in [-0.1, -0.05) is 41.5 Å². The van der Waals surface area contributed by atoms with E-state index in [0.717, 1.165) is 22.9 Å². The maximum absolute atomic E-state index is 5.83. The molecular formula is C24H34CoN2S2. The van der Waals surface area contributed by atoms with Crippen molar-refractivity contribution in [3.05, 3.63) is 21.0 Å². The predicted molar refractivity (Wildman–Crippen MR) is 125 cm³/mol. The summed E-state index contributed by atoms with van der Waals surface area (Å²) in [6, 6.07) is 0. The molecule has 0 saturated heterocycles. The molecule has 5 heteroatoms. The van der Waals surface area contributed by atoms with Gasteiger partial charge < -0.3 is 25.3 Å². The van der Waals surface area contributed by atoms with Gasteiger partial charge in [0, 0.05) is 12.4 Å². The van der Waals surface area contributed by atoms with Crippen molar-refractivity contribution >= 4 is 37.7 Å². The Labute approximate surface area is 198 Å². The van der Waals surface area contributed by atoms with Gasteiger partial charge in [-0.2, -0.15) is 9.81 Å². The van der Waals surface area contributed by atoms with Gasteiger partial charge in [0.25, 0.3) is 0 Å². The number of allylic oxidation sites excluding steroid dienone is 4. The average Bonchev–Trinajstić information content (AvgIpc) is 3.10. The molecule has 4 atom stereocenters. The molecule has 0 aliphatic heterocycles. The Morgan fingerprint density at radius 2 is 1.10 bits per heavy atom. The topological polar surface area (TPSA) is 24.7 Å². The Morgan fingerprint density at radius 3 is 1.38 bits per heavy atom. The number of nitrogens with zero attached hydrogens (tertiary/aromatic N) is 2. The van der Waals surface area contributed by atoms with Crippen LogP contribution in [0.4, 0.5) is 0 Å². The molecule has 2 saturated carbocycles. The van der Waals surface area contributed by atoms with Crippen molar-refractivity contribution in [2.24, 2.45) is 43.5 Å². The Hall–Kier alpha value is -0.234. The first kappa shape index (κ1) is 23.4. The van der Waals surface area contributed by atoms with Crippen molar-refractivity contribution in [1.82, 2.24) is 0 Å². The van der Waals surface area contributed by atoms with Crippen LogP contribution in [0.25, 0.3) is 0 Å². The molecule has 0 spiro atoms. The summed E-state index contributed by atoms with van der Waals surface area (Å²) < 4.78 is 0. The molecule has 4 rings (SSSR count). The third-order valence-corrected chi connectivity index (χ3v) is 10.9. The van der Waals surface area contributed by atoms with Crippen LogP contribution >= 0.6 is 0 Å². The van der Waals surface area contributed by atoms with Crippen molar-refractivity contribution in [3.8, 4) is 0 Å². The van der Waals surface area contributed by atoms with Gasteiger partial charge in [-0.3, -0.25) is 9.98 Å². The molecule has 4 aliphatic rings. The summed E-state index contributed by atoms with van der Waals surface area (Å²) in [6.07, 6.45) is 9.06. The third kappa shape index (κ3) is 2.97. The number of hydrogen-bond acceptors (Lipinski definition) is 4. The van der Waals surface area contributed by atoms with Crippen LogP contribution in [0.2, 0.25) is 0 Å². The van der Waals surface area contributed by atoms with Gasteiger partial charge in [0.1, 0.15) is 0 Å². The molecule has 0 N–H and O–H groups in total. The molecule has 0 heterocycles. The zero-order valence-electron chi connectivity index (χ0n) is 18.6. The van der Waals surface area contributed by atoms with E-state index in [0.29, 0.717) is 11.8 Å². The zero-order chi connectivity index (χ0) is 20.5. The van der Waals surface area contributed by atoms with E-state index in [1.165, 1.54) is 36.8 Å². The second-order valence-electron chi connectivity index (χ2n) is 10.9. The van der Waals surface area contributed by atoms with E-state index in [9.17, 15) is 0 Å². The Morgan fingerprint density at radius 1 is 0.759 bits per heavy atom. The molecule has 4 bridgehead atoms. The maximum atomic E-state index is 5.83. The van der Waals surface area contributed by atoms with Crippen LogP contribution in [-0.2, 0) is 42.0 Å². The predicted octanol–water partition coefficient (Wildman–Crippen LogP) is 5.64. The fourth-order valence-corrected chi connectivity index (χ4v) is 7.71. The van der Waals surface area contributed by atoms with Crippen LogP contribution in [0.15, 0.2) is 30.9 Å². The summed E-state index contributed by atoms with van der Waals surface area (Å²) in [5.41, 5.74) is 3.50. The summed E-state index contributed by atoms with van der Waals surface area (Å²) in [7, 11) is 0. The number of aliphatic imine (C=N–C) groups is 2. The normalized spacial score (nSPS) is 39.4. The fraction of sp³-hybridized carbons (Fsp3) is 0.750. The van der Waals surface area contributed by atoms with Crippen LogP contribution in [0.3, 0.4) is 0 Å². The minimum Gasteiger partial charge on any atom is -0.783 e. The van der Waals surface area contributed by atoms with Gasteiger partial charge in [0.2, 0.25) is 0 Å². The molecule has 0 aromatic rings. The van der Waals surface area contributed by atoms with Crippen molar-refractivity contribution < 1.29 is 16.8 Å². The van der Waals surface area contributed by atoms with E-state index < -0.39 is 0 Å². The first-order valence-corrected chi connectivity index (χ1v) is 11.6. The minimum absolute atomic E-state index is 0. The SMILES string of the molecule is CC1(C)[C@@H]2CC[C@@]1(C)C([S-])=C2C=NCCN=CC1=C([S-])[C@]2(C)CC[C@H]1C2(C)C.[Co+2].